The van der Waals surface area contributed by atoms with Crippen LogP contribution in [0.3, 0.4) is 0 Å². The van der Waals surface area contributed by atoms with E-state index in [1.54, 1.807) is 13.8 Å². The minimum absolute atomic E-state index is 0.248. The quantitative estimate of drug-likeness (QED) is 0.444. The molecule has 0 aliphatic rings. The van der Waals surface area contributed by atoms with Gasteiger partial charge in [-0.3, -0.25) is 0 Å². The molecule has 0 amide bonds. The highest BCUT2D eigenvalue weighted by molar-refractivity contribution is 4.71. The highest BCUT2D eigenvalue weighted by atomic mass is 17.1. The highest BCUT2D eigenvalue weighted by Gasteiger charge is 2.25. The number of hydrogen-bond donors (Lipinski definition) is 0. The molecule has 0 aromatic rings. The summed E-state index contributed by atoms with van der Waals surface area (Å²) in [6.45, 7) is 3.52. The van der Waals surface area contributed by atoms with E-state index in [4.69, 9.17) is 9.47 Å². The van der Waals surface area contributed by atoms with E-state index < -0.39 is 6.10 Å². The lowest BCUT2D eigenvalue weighted by Gasteiger charge is -2.23. The van der Waals surface area contributed by atoms with Gasteiger partial charge >= 0.3 is 0 Å². The van der Waals surface area contributed by atoms with Gasteiger partial charge in [0.2, 0.25) is 0 Å². The summed E-state index contributed by atoms with van der Waals surface area (Å²) < 4.78 is 9.84. The van der Waals surface area contributed by atoms with Gasteiger partial charge in [-0.1, -0.05) is 0 Å². The van der Waals surface area contributed by atoms with Crippen molar-refractivity contribution in [2.45, 2.75) is 32.2 Å². The first-order chi connectivity index (χ1) is 5.17. The van der Waals surface area contributed by atoms with Crippen molar-refractivity contribution in [1.82, 2.24) is 0 Å². The summed E-state index contributed by atoms with van der Waals surface area (Å²) in [7, 11) is 3.05. The van der Waals surface area contributed by atoms with Crippen molar-refractivity contribution in [1.29, 1.82) is 0 Å². The number of ether oxygens (including phenoxy) is 2. The fourth-order valence-electron chi connectivity index (χ4n) is 0.806. The first kappa shape index (κ1) is 10.8. The van der Waals surface area contributed by atoms with Gasteiger partial charge in [-0.25, -0.2) is 0 Å². The molecule has 2 unspecified atom stereocenters. The van der Waals surface area contributed by atoms with Crippen LogP contribution in [0.25, 0.3) is 0 Å². The van der Waals surface area contributed by atoms with Crippen molar-refractivity contribution >= 4 is 0 Å². The van der Waals surface area contributed by atoms with Crippen LogP contribution in [0.15, 0.2) is 0 Å². The Bertz CT molecular complexity index is 86.4. The van der Waals surface area contributed by atoms with Crippen molar-refractivity contribution in [2.24, 2.45) is 0 Å². The van der Waals surface area contributed by atoms with E-state index in [9.17, 15) is 5.26 Å². The van der Waals surface area contributed by atoms with Crippen LogP contribution in [-0.4, -0.2) is 32.5 Å². The second-order valence-corrected chi connectivity index (χ2v) is 2.44. The lowest BCUT2D eigenvalue weighted by Crippen LogP contribution is -2.37. The van der Waals surface area contributed by atoms with Crippen LogP contribution in [0.1, 0.15) is 13.8 Å². The minimum atomic E-state index is -0.551. The molecule has 0 rings (SSSR count). The molecule has 11 heavy (non-hydrogen) atoms. The summed E-state index contributed by atoms with van der Waals surface area (Å²) in [5.74, 6) is 0. The molecule has 67 valence electrons. The maximum atomic E-state index is 10.2. The maximum absolute atomic E-state index is 10.2. The second kappa shape index (κ2) is 5.49. The molecule has 0 saturated carbocycles. The van der Waals surface area contributed by atoms with Crippen LogP contribution in [0.2, 0.25) is 0 Å². The van der Waals surface area contributed by atoms with E-state index in [0.29, 0.717) is 0 Å². The zero-order valence-corrected chi connectivity index (χ0v) is 7.37. The summed E-state index contributed by atoms with van der Waals surface area (Å²) in [5.41, 5.74) is 0. The lowest BCUT2D eigenvalue weighted by molar-refractivity contribution is -0.363. The smallest absolute Gasteiger partial charge is 0.148 e. The average molecular weight is 163 g/mol. The van der Waals surface area contributed by atoms with E-state index in [1.807, 2.05) is 0 Å². The molecule has 0 aliphatic carbocycles. The molecule has 4 heteroatoms. The molecule has 0 aliphatic heterocycles. The molecule has 0 saturated heterocycles. The lowest BCUT2D eigenvalue weighted by atomic mass is 10.1. The summed E-state index contributed by atoms with van der Waals surface area (Å²) in [5, 5.41) is 10.2. The molecule has 0 N–H and O–H groups in total. The summed E-state index contributed by atoms with van der Waals surface area (Å²) in [4.78, 5) is 3.96. The Balaban J connectivity index is 3.92. The fraction of sp³-hybridized carbons (Fsp3) is 1.00. The molecular formula is C7H15O4. The van der Waals surface area contributed by atoms with Crippen LogP contribution >= 0.6 is 0 Å². The minimum Gasteiger partial charge on any atom is -0.379 e. The number of hydrogen-bond acceptors (Lipinski definition) is 3. The van der Waals surface area contributed by atoms with Crippen LogP contribution in [-0.2, 0) is 19.6 Å². The van der Waals surface area contributed by atoms with Gasteiger partial charge in [0.1, 0.15) is 6.10 Å². The number of methoxy groups -OCH3 is 2. The predicted molar refractivity (Wildman–Crippen MR) is 38.5 cm³/mol. The summed E-state index contributed by atoms with van der Waals surface area (Å²) in [6, 6.07) is 0. The van der Waals surface area contributed by atoms with E-state index in [0.717, 1.165) is 0 Å². The zero-order valence-electron chi connectivity index (χ0n) is 7.37. The monoisotopic (exact) mass is 163 g/mol. The zero-order chi connectivity index (χ0) is 8.85. The molecule has 4 nitrogen and oxygen atoms in total. The molecule has 2 atom stereocenters. The van der Waals surface area contributed by atoms with Crippen LogP contribution in [0.4, 0.5) is 0 Å². The van der Waals surface area contributed by atoms with Gasteiger partial charge in [0.15, 0.2) is 0 Å². The molecule has 0 aromatic carbocycles. The van der Waals surface area contributed by atoms with Crippen LogP contribution in [0, 0.1) is 0 Å². The second-order valence-electron chi connectivity index (χ2n) is 2.44. The van der Waals surface area contributed by atoms with Gasteiger partial charge in [-0.15, -0.1) is 0 Å². The average Bonchev–Trinajstić information content (AvgIpc) is 2.05. The molecular weight excluding hydrogens is 148 g/mol. The van der Waals surface area contributed by atoms with E-state index in [1.165, 1.54) is 14.2 Å². The van der Waals surface area contributed by atoms with Crippen molar-refractivity contribution in [3.8, 4) is 0 Å². The normalized spacial score (nSPS) is 19.4. The largest absolute Gasteiger partial charge is 0.379 e. The first-order valence-electron chi connectivity index (χ1n) is 3.51. The van der Waals surface area contributed by atoms with Crippen molar-refractivity contribution < 1.29 is 19.6 Å². The highest BCUT2D eigenvalue weighted by Crippen LogP contribution is 2.08. The van der Waals surface area contributed by atoms with Gasteiger partial charge in [-0.2, -0.15) is 4.89 Å². The topological polar surface area (TPSA) is 47.6 Å². The van der Waals surface area contributed by atoms with Crippen molar-refractivity contribution in [3.63, 3.8) is 0 Å². The van der Waals surface area contributed by atoms with Gasteiger partial charge in [0.05, 0.1) is 12.2 Å². The molecule has 0 spiro atoms. The third kappa shape index (κ3) is 3.16. The van der Waals surface area contributed by atoms with Gasteiger partial charge < -0.3 is 9.47 Å². The predicted octanol–water partition coefficient (Wildman–Crippen LogP) is 0.787. The molecule has 0 aromatic heterocycles. The van der Waals surface area contributed by atoms with E-state index in [2.05, 4.69) is 4.89 Å². The Labute approximate surface area is 67.0 Å². The Morgan fingerprint density at radius 3 is 1.55 bits per heavy atom. The Morgan fingerprint density at radius 1 is 1.00 bits per heavy atom. The van der Waals surface area contributed by atoms with Crippen molar-refractivity contribution in [2.75, 3.05) is 14.2 Å². The number of rotatable bonds is 5. The molecule has 0 heterocycles. The summed E-state index contributed by atoms with van der Waals surface area (Å²) in [6.07, 6.45) is -1.05. The maximum Gasteiger partial charge on any atom is 0.148 e. The SMILES string of the molecule is COC(C)C(O[O])C(C)OC. The van der Waals surface area contributed by atoms with Gasteiger partial charge in [0, 0.05) is 14.2 Å². The molecule has 0 bridgehead atoms. The third-order valence-electron chi connectivity index (χ3n) is 1.78. The summed E-state index contributed by atoms with van der Waals surface area (Å²) >= 11 is 0. The third-order valence-corrected chi connectivity index (χ3v) is 1.78. The van der Waals surface area contributed by atoms with Crippen LogP contribution in [0.5, 0.6) is 0 Å². The van der Waals surface area contributed by atoms with E-state index >= 15 is 0 Å². The first-order valence-corrected chi connectivity index (χ1v) is 3.51. The van der Waals surface area contributed by atoms with Gasteiger partial charge in [-0.05, 0) is 19.1 Å². The van der Waals surface area contributed by atoms with Crippen molar-refractivity contribution in [3.05, 3.63) is 0 Å². The van der Waals surface area contributed by atoms with Crippen LogP contribution < -0.4 is 0 Å². The molecule has 0 fully saturated rings. The standard InChI is InChI=1S/C7H15O4/c1-5(9-3)7(11-8)6(2)10-4/h5-7H,1-4H3. The Kier molecular flexibility index (Phi) is 5.41. The van der Waals surface area contributed by atoms with Gasteiger partial charge in [0.25, 0.3) is 0 Å². The Hall–Kier alpha value is -0.160. The fourth-order valence-corrected chi connectivity index (χ4v) is 0.806. The van der Waals surface area contributed by atoms with E-state index in [-0.39, 0.29) is 12.2 Å². The molecule has 1 radical (unpaired) electrons. The Morgan fingerprint density at radius 2 is 1.36 bits per heavy atom.